The third-order valence-corrected chi connectivity index (χ3v) is 3.35. The van der Waals surface area contributed by atoms with Gasteiger partial charge in [-0.1, -0.05) is 26.0 Å². The van der Waals surface area contributed by atoms with E-state index in [0.29, 0.717) is 13.1 Å². The molecule has 0 radical (unpaired) electrons. The lowest BCUT2D eigenvalue weighted by Crippen LogP contribution is -2.30. The van der Waals surface area contributed by atoms with E-state index in [4.69, 9.17) is 0 Å². The Hall–Kier alpha value is -0.720. The molecule has 1 aromatic rings. The molecule has 1 rings (SSSR count). The first kappa shape index (κ1) is 16.3. The topological polar surface area (TPSA) is 32.3 Å². The summed E-state index contributed by atoms with van der Waals surface area (Å²) in [6.45, 7) is 4.85. The molecule has 19 heavy (non-hydrogen) atoms. The van der Waals surface area contributed by atoms with Gasteiger partial charge in [0, 0.05) is 18.0 Å². The molecule has 1 unspecified atom stereocenters. The van der Waals surface area contributed by atoms with Crippen molar-refractivity contribution >= 4 is 11.8 Å². The highest BCUT2D eigenvalue weighted by Crippen LogP contribution is 2.36. The zero-order chi connectivity index (χ0) is 14.5. The number of nitrogens with one attached hydrogen (secondary N) is 1. The highest BCUT2D eigenvalue weighted by Gasteiger charge is 2.28. The standard InChI is InChI=1S/C13H18F3NOS/c1-9(2)12(18)8-17-7-10-3-5-11(6-4-10)19-13(14,15)16/h3-6,9,12,17-18H,7-8H2,1-2H3. The monoisotopic (exact) mass is 293 g/mol. The number of halogens is 3. The normalized spacial score (nSPS) is 13.8. The molecule has 0 spiro atoms. The molecular formula is C13H18F3NOS. The molecule has 0 saturated heterocycles. The molecule has 0 aliphatic heterocycles. The zero-order valence-corrected chi connectivity index (χ0v) is 11.7. The van der Waals surface area contributed by atoms with Crippen molar-refractivity contribution in [2.75, 3.05) is 6.54 Å². The molecule has 0 heterocycles. The second kappa shape index (κ2) is 7.17. The lowest BCUT2D eigenvalue weighted by molar-refractivity contribution is -0.0328. The molecule has 0 aliphatic rings. The Balaban J connectivity index is 2.40. The second-order valence-electron chi connectivity index (χ2n) is 4.63. The number of aliphatic hydroxyl groups excluding tert-OH is 1. The lowest BCUT2D eigenvalue weighted by Gasteiger charge is -2.15. The molecule has 1 atom stereocenters. The van der Waals surface area contributed by atoms with Gasteiger partial charge in [-0.2, -0.15) is 13.2 Å². The van der Waals surface area contributed by atoms with Crippen LogP contribution in [-0.2, 0) is 6.54 Å². The van der Waals surface area contributed by atoms with Crippen molar-refractivity contribution in [3.05, 3.63) is 29.8 Å². The van der Waals surface area contributed by atoms with E-state index in [0.717, 1.165) is 5.56 Å². The average molecular weight is 293 g/mol. The predicted octanol–water partition coefficient (Wildman–Crippen LogP) is 3.41. The average Bonchev–Trinajstić information content (AvgIpc) is 2.29. The van der Waals surface area contributed by atoms with Crippen molar-refractivity contribution in [1.82, 2.24) is 5.32 Å². The van der Waals surface area contributed by atoms with Crippen LogP contribution in [0.4, 0.5) is 13.2 Å². The summed E-state index contributed by atoms with van der Waals surface area (Å²) in [5, 5.41) is 12.7. The van der Waals surface area contributed by atoms with Gasteiger partial charge in [-0.15, -0.1) is 0 Å². The van der Waals surface area contributed by atoms with Gasteiger partial charge in [0.25, 0.3) is 0 Å². The van der Waals surface area contributed by atoms with Gasteiger partial charge in [0.15, 0.2) is 0 Å². The van der Waals surface area contributed by atoms with Crippen molar-refractivity contribution in [2.45, 2.75) is 36.9 Å². The molecule has 2 N–H and O–H groups in total. The van der Waals surface area contributed by atoms with Crippen molar-refractivity contribution in [1.29, 1.82) is 0 Å². The summed E-state index contributed by atoms with van der Waals surface area (Å²) in [7, 11) is 0. The van der Waals surface area contributed by atoms with E-state index in [1.807, 2.05) is 13.8 Å². The number of alkyl halides is 3. The molecule has 0 aliphatic carbocycles. The fourth-order valence-electron chi connectivity index (χ4n) is 1.41. The summed E-state index contributed by atoms with van der Waals surface area (Å²) in [5.41, 5.74) is -3.36. The van der Waals surface area contributed by atoms with Crippen LogP contribution in [0.3, 0.4) is 0 Å². The van der Waals surface area contributed by atoms with Gasteiger partial charge in [-0.3, -0.25) is 0 Å². The first-order valence-corrected chi connectivity index (χ1v) is 6.83. The maximum absolute atomic E-state index is 12.1. The van der Waals surface area contributed by atoms with Gasteiger partial charge >= 0.3 is 5.51 Å². The largest absolute Gasteiger partial charge is 0.446 e. The first-order chi connectivity index (χ1) is 8.78. The van der Waals surface area contributed by atoms with Crippen LogP contribution < -0.4 is 5.32 Å². The van der Waals surface area contributed by atoms with E-state index >= 15 is 0 Å². The van der Waals surface area contributed by atoms with Gasteiger partial charge in [-0.25, -0.2) is 0 Å². The van der Waals surface area contributed by atoms with Gasteiger partial charge in [-0.05, 0) is 35.4 Å². The van der Waals surface area contributed by atoms with E-state index in [9.17, 15) is 18.3 Å². The van der Waals surface area contributed by atoms with Crippen LogP contribution in [0.5, 0.6) is 0 Å². The van der Waals surface area contributed by atoms with E-state index in [1.165, 1.54) is 12.1 Å². The predicted molar refractivity (Wildman–Crippen MR) is 70.9 cm³/mol. The minimum absolute atomic E-state index is 0.118. The van der Waals surface area contributed by atoms with Crippen molar-refractivity contribution < 1.29 is 18.3 Å². The summed E-state index contributed by atoms with van der Waals surface area (Å²) in [4.78, 5) is 0.179. The van der Waals surface area contributed by atoms with Gasteiger partial charge in [0.05, 0.1) is 6.10 Å². The number of benzene rings is 1. The Labute approximate surface area is 115 Å². The SMILES string of the molecule is CC(C)C(O)CNCc1ccc(SC(F)(F)F)cc1. The first-order valence-electron chi connectivity index (χ1n) is 6.01. The van der Waals surface area contributed by atoms with Crippen LogP contribution in [-0.4, -0.2) is 23.3 Å². The van der Waals surface area contributed by atoms with Crippen molar-refractivity contribution in [2.24, 2.45) is 5.92 Å². The zero-order valence-electron chi connectivity index (χ0n) is 10.9. The van der Waals surface area contributed by atoms with Crippen LogP contribution >= 0.6 is 11.8 Å². The summed E-state index contributed by atoms with van der Waals surface area (Å²) >= 11 is -0.118. The molecule has 1 aromatic carbocycles. The smallest absolute Gasteiger partial charge is 0.392 e. The quantitative estimate of drug-likeness (QED) is 0.788. The maximum atomic E-state index is 12.1. The fraction of sp³-hybridized carbons (Fsp3) is 0.538. The van der Waals surface area contributed by atoms with Crippen LogP contribution in [0, 0.1) is 5.92 Å². The van der Waals surface area contributed by atoms with Crippen LogP contribution in [0.2, 0.25) is 0 Å². The van der Waals surface area contributed by atoms with Gasteiger partial charge < -0.3 is 10.4 Å². The third-order valence-electron chi connectivity index (χ3n) is 2.61. The summed E-state index contributed by atoms with van der Waals surface area (Å²) < 4.78 is 36.4. The Morgan fingerprint density at radius 2 is 1.79 bits per heavy atom. The van der Waals surface area contributed by atoms with Crippen LogP contribution in [0.15, 0.2) is 29.2 Å². The molecule has 0 fully saturated rings. The Morgan fingerprint density at radius 1 is 1.21 bits per heavy atom. The van der Waals surface area contributed by atoms with E-state index in [1.54, 1.807) is 12.1 Å². The fourth-order valence-corrected chi connectivity index (χ4v) is 1.95. The summed E-state index contributed by atoms with van der Waals surface area (Å²) in [6.07, 6.45) is -0.417. The third kappa shape index (κ3) is 6.84. The van der Waals surface area contributed by atoms with Gasteiger partial charge in [0.1, 0.15) is 0 Å². The second-order valence-corrected chi connectivity index (χ2v) is 5.77. The van der Waals surface area contributed by atoms with Crippen molar-refractivity contribution in [3.8, 4) is 0 Å². The Kier molecular flexibility index (Phi) is 6.16. The summed E-state index contributed by atoms with van der Waals surface area (Å²) in [6, 6.07) is 6.22. The number of thioether (sulfide) groups is 1. The van der Waals surface area contributed by atoms with E-state index < -0.39 is 11.6 Å². The Bertz CT molecular complexity index is 378. The molecule has 108 valence electrons. The van der Waals surface area contributed by atoms with Crippen LogP contribution in [0.1, 0.15) is 19.4 Å². The Morgan fingerprint density at radius 3 is 2.26 bits per heavy atom. The lowest BCUT2D eigenvalue weighted by atomic mass is 10.1. The number of hydrogen-bond donors (Lipinski definition) is 2. The number of aliphatic hydroxyl groups is 1. The molecule has 2 nitrogen and oxygen atoms in total. The number of rotatable bonds is 6. The molecule has 0 aromatic heterocycles. The van der Waals surface area contributed by atoms with Crippen molar-refractivity contribution in [3.63, 3.8) is 0 Å². The highest BCUT2D eigenvalue weighted by molar-refractivity contribution is 8.00. The molecule has 6 heteroatoms. The molecule has 0 amide bonds. The van der Waals surface area contributed by atoms with E-state index in [2.05, 4.69) is 5.32 Å². The molecular weight excluding hydrogens is 275 g/mol. The maximum Gasteiger partial charge on any atom is 0.446 e. The van der Waals surface area contributed by atoms with Gasteiger partial charge in [0.2, 0.25) is 0 Å². The number of hydrogen-bond acceptors (Lipinski definition) is 3. The minimum Gasteiger partial charge on any atom is -0.392 e. The molecule has 0 bridgehead atoms. The molecule has 0 saturated carbocycles. The van der Waals surface area contributed by atoms with Crippen LogP contribution in [0.25, 0.3) is 0 Å². The highest BCUT2D eigenvalue weighted by atomic mass is 32.2. The summed E-state index contributed by atoms with van der Waals surface area (Å²) in [5.74, 6) is 0.179. The minimum atomic E-state index is -4.25. The van der Waals surface area contributed by atoms with E-state index in [-0.39, 0.29) is 22.6 Å².